The van der Waals surface area contributed by atoms with Crippen LogP contribution < -0.4 is 10.1 Å². The first kappa shape index (κ1) is 21.2. The molecule has 4 bridgehead atoms. The quantitative estimate of drug-likeness (QED) is 0.642. The number of nitrogens with one attached hydrogen (secondary N) is 1. The van der Waals surface area contributed by atoms with Crippen LogP contribution in [0.15, 0.2) is 15.6 Å². The van der Waals surface area contributed by atoms with Crippen LogP contribution in [0.5, 0.6) is 5.75 Å². The summed E-state index contributed by atoms with van der Waals surface area (Å²) in [6.07, 6.45) is 9.72. The molecular weight excluding hydrogens is 412 g/mol. The summed E-state index contributed by atoms with van der Waals surface area (Å²) in [7, 11) is 0. The topological polar surface area (TPSA) is 95.5 Å². The molecule has 1 amide bonds. The number of nitriles is 1. The average Bonchev–Trinajstić information content (AvgIpc) is 3.07. The zero-order valence-electron chi connectivity index (χ0n) is 18.4. The number of ether oxygens (including phenoxy) is 1. The van der Waals surface area contributed by atoms with Gasteiger partial charge >= 0.3 is 0 Å². The monoisotopic (exact) mass is 444 g/mol. The minimum atomic E-state index is -0.612. The maximum Gasteiger partial charge on any atom is 0.288 e. The van der Waals surface area contributed by atoms with Gasteiger partial charge in [-0.1, -0.05) is 6.42 Å². The molecule has 5 saturated carbocycles. The fraction of sp³-hybridized carbons (Fsp3) is 0.750. The molecule has 0 saturated heterocycles. The second-order valence-corrected chi connectivity index (χ2v) is 12.2. The average molecular weight is 445 g/mol. The van der Waals surface area contributed by atoms with Gasteiger partial charge in [-0.15, -0.1) is 11.8 Å². The van der Waals surface area contributed by atoms with Crippen LogP contribution in [-0.2, 0) is 0 Å². The van der Waals surface area contributed by atoms with Gasteiger partial charge in [-0.25, -0.2) is 0 Å². The van der Waals surface area contributed by atoms with E-state index in [0.717, 1.165) is 49.8 Å². The van der Waals surface area contributed by atoms with Crippen LogP contribution in [0.2, 0.25) is 0 Å². The number of carbonyl (C=O) groups is 1. The first-order valence-corrected chi connectivity index (χ1v) is 12.5. The molecule has 2 N–H and O–H groups in total. The number of furan rings is 1. The Morgan fingerprint density at radius 2 is 2.06 bits per heavy atom. The van der Waals surface area contributed by atoms with Crippen LogP contribution in [0.3, 0.4) is 0 Å². The molecule has 0 aromatic carbocycles. The Hall–Kier alpha value is -1.65. The van der Waals surface area contributed by atoms with Gasteiger partial charge in [-0.3, -0.25) is 4.79 Å². The maximum atomic E-state index is 13.3. The zero-order chi connectivity index (χ0) is 21.8. The zero-order valence-corrected chi connectivity index (χ0v) is 19.2. The van der Waals surface area contributed by atoms with Crippen molar-refractivity contribution in [3.05, 3.63) is 12.0 Å². The number of hydrogen-bond acceptors (Lipinski definition) is 6. The predicted octanol–water partition coefficient (Wildman–Crippen LogP) is 4.52. The van der Waals surface area contributed by atoms with Gasteiger partial charge in [-0.2, -0.15) is 5.26 Å². The molecule has 0 radical (unpaired) electrons. The highest BCUT2D eigenvalue weighted by Crippen LogP contribution is 2.55. The van der Waals surface area contributed by atoms with Gasteiger partial charge < -0.3 is 19.6 Å². The molecule has 1 aromatic rings. The first-order valence-electron chi connectivity index (χ1n) is 11.6. The highest BCUT2D eigenvalue weighted by atomic mass is 32.2. The Labute approximate surface area is 188 Å². The summed E-state index contributed by atoms with van der Waals surface area (Å²) in [5.74, 6) is 2.02. The van der Waals surface area contributed by atoms with Gasteiger partial charge in [0.1, 0.15) is 17.8 Å². The molecule has 2 atom stereocenters. The summed E-state index contributed by atoms with van der Waals surface area (Å²) >= 11 is 1.66. The normalized spacial score (nSPS) is 34.3. The summed E-state index contributed by atoms with van der Waals surface area (Å²) in [5, 5.41) is 23.9. The van der Waals surface area contributed by atoms with Crippen LogP contribution in [0.1, 0.15) is 75.8 Å². The van der Waals surface area contributed by atoms with Gasteiger partial charge in [0.05, 0.1) is 17.1 Å². The Morgan fingerprint density at radius 1 is 1.35 bits per heavy atom. The van der Waals surface area contributed by atoms with Crippen molar-refractivity contribution in [2.45, 2.75) is 87.0 Å². The fourth-order valence-electron chi connectivity index (χ4n) is 6.08. The lowest BCUT2D eigenvalue weighted by molar-refractivity contribution is -0.137. The van der Waals surface area contributed by atoms with Gasteiger partial charge in [0.25, 0.3) is 5.91 Å². The number of thioether (sulfide) groups is 1. The number of carbonyl (C=O) groups excluding carboxylic acids is 1. The van der Waals surface area contributed by atoms with Gasteiger partial charge in [0, 0.05) is 11.3 Å². The molecule has 0 spiro atoms. The van der Waals surface area contributed by atoms with Crippen LogP contribution in [0.4, 0.5) is 0 Å². The van der Waals surface area contributed by atoms with E-state index in [1.165, 1.54) is 12.7 Å². The third kappa shape index (κ3) is 4.09. The predicted molar refractivity (Wildman–Crippen MR) is 117 cm³/mol. The summed E-state index contributed by atoms with van der Waals surface area (Å²) in [6, 6.07) is 2.36. The smallest absolute Gasteiger partial charge is 0.288 e. The molecule has 1 aromatic heterocycles. The van der Waals surface area contributed by atoms with Crippen molar-refractivity contribution in [2.75, 3.05) is 6.61 Å². The molecule has 2 unspecified atom stereocenters. The Kier molecular flexibility index (Phi) is 5.29. The maximum absolute atomic E-state index is 13.3. The summed E-state index contributed by atoms with van der Waals surface area (Å²) in [6.45, 7) is 3.91. The van der Waals surface area contributed by atoms with E-state index in [1.54, 1.807) is 11.8 Å². The molecular formula is C24H32N2O4S. The highest BCUT2D eigenvalue weighted by molar-refractivity contribution is 8.00. The molecule has 6 nitrogen and oxygen atoms in total. The van der Waals surface area contributed by atoms with E-state index in [-0.39, 0.29) is 18.6 Å². The third-order valence-electron chi connectivity index (χ3n) is 7.69. The molecule has 31 heavy (non-hydrogen) atoms. The van der Waals surface area contributed by atoms with Crippen molar-refractivity contribution in [3.8, 4) is 11.8 Å². The minimum absolute atomic E-state index is 0.109. The lowest BCUT2D eigenvalue weighted by Crippen LogP contribution is -2.61. The molecule has 0 aliphatic heterocycles. The van der Waals surface area contributed by atoms with Crippen LogP contribution in [0.25, 0.3) is 0 Å². The number of nitrogens with zero attached hydrogens (tertiary/aromatic N) is 1. The fourth-order valence-corrected chi connectivity index (χ4v) is 7.45. The van der Waals surface area contributed by atoms with Crippen LogP contribution >= 0.6 is 11.8 Å². The number of amides is 1. The van der Waals surface area contributed by atoms with Crippen LogP contribution in [0, 0.1) is 34.5 Å². The van der Waals surface area contributed by atoms with Crippen molar-refractivity contribution in [2.24, 2.45) is 23.2 Å². The van der Waals surface area contributed by atoms with Gasteiger partial charge in [0.2, 0.25) is 5.76 Å². The molecule has 6 rings (SSSR count). The van der Waals surface area contributed by atoms with Crippen molar-refractivity contribution < 1.29 is 19.1 Å². The van der Waals surface area contributed by atoms with E-state index < -0.39 is 11.0 Å². The van der Waals surface area contributed by atoms with E-state index >= 15 is 0 Å². The molecule has 5 aliphatic carbocycles. The molecule has 7 heteroatoms. The summed E-state index contributed by atoms with van der Waals surface area (Å²) < 4.78 is 11.7. The second-order valence-electron chi connectivity index (χ2n) is 10.9. The van der Waals surface area contributed by atoms with E-state index in [2.05, 4.69) is 11.4 Å². The SMILES string of the molecule is CC(C)(C#N)COc1coc(C(=O)NC2C3CC4CC2CC(O)(C4)C3)c1SC1CCC1. The highest BCUT2D eigenvalue weighted by Gasteiger charge is 2.55. The lowest BCUT2D eigenvalue weighted by atomic mass is 9.52. The van der Waals surface area contributed by atoms with Crippen molar-refractivity contribution in [1.29, 1.82) is 5.26 Å². The largest absolute Gasteiger partial charge is 0.487 e. The molecule has 5 fully saturated rings. The third-order valence-corrected chi connectivity index (χ3v) is 9.11. The van der Waals surface area contributed by atoms with E-state index in [9.17, 15) is 15.2 Å². The van der Waals surface area contributed by atoms with Crippen molar-refractivity contribution >= 4 is 17.7 Å². The number of aliphatic hydroxyl groups is 1. The standard InChI is InChI=1S/C24H32N2O4S/c1-23(2,12-25)13-30-18-11-29-20(21(18)31-17-4-3-5-17)22(27)26-19-15-6-14-7-16(19)10-24(28,8-14)9-15/h11,14-17,19,28H,3-10,13H2,1-2H3,(H,26,27). The Balaban J connectivity index is 1.33. The van der Waals surface area contributed by atoms with E-state index in [1.807, 2.05) is 13.8 Å². The number of hydrogen-bond donors (Lipinski definition) is 2. The molecule has 5 aliphatic rings. The van der Waals surface area contributed by atoms with Gasteiger partial charge in [0.15, 0.2) is 5.75 Å². The summed E-state index contributed by atoms with van der Waals surface area (Å²) in [5.41, 5.74) is -1.12. The van der Waals surface area contributed by atoms with Gasteiger partial charge in [-0.05, 0) is 76.5 Å². The van der Waals surface area contributed by atoms with Crippen molar-refractivity contribution in [1.82, 2.24) is 5.32 Å². The van der Waals surface area contributed by atoms with E-state index in [0.29, 0.717) is 34.5 Å². The Bertz CT molecular complexity index is 884. The lowest BCUT2D eigenvalue weighted by Gasteiger charge is -2.58. The second kappa shape index (κ2) is 7.74. The van der Waals surface area contributed by atoms with Crippen molar-refractivity contribution in [3.63, 3.8) is 0 Å². The minimum Gasteiger partial charge on any atom is -0.487 e. The van der Waals surface area contributed by atoms with E-state index in [4.69, 9.17) is 9.15 Å². The number of rotatable bonds is 7. The first-order chi connectivity index (χ1) is 14.8. The van der Waals surface area contributed by atoms with Crippen LogP contribution in [-0.4, -0.2) is 34.5 Å². The Morgan fingerprint density at radius 3 is 2.65 bits per heavy atom. The molecule has 1 heterocycles. The molecule has 168 valence electrons. The summed E-state index contributed by atoms with van der Waals surface area (Å²) in [4.78, 5) is 14.1.